The molecule has 0 amide bonds. The number of rotatable bonds is 3. The van der Waals surface area contributed by atoms with Crippen LogP contribution in [0, 0.1) is 0 Å². The van der Waals surface area contributed by atoms with Gasteiger partial charge in [0.15, 0.2) is 0 Å². The topological polar surface area (TPSA) is 53.0 Å². The molecule has 0 saturated carbocycles. The third-order valence-corrected chi connectivity index (χ3v) is 3.01. The first-order valence-electron chi connectivity index (χ1n) is 5.49. The van der Waals surface area contributed by atoms with Crippen LogP contribution in [-0.2, 0) is 20.5 Å². The fourth-order valence-electron chi connectivity index (χ4n) is 2.01. The Balaban J connectivity index is 2.54. The van der Waals surface area contributed by atoms with Gasteiger partial charge in [-0.1, -0.05) is 6.07 Å². The van der Waals surface area contributed by atoms with Gasteiger partial charge in [0, 0.05) is 14.1 Å². The van der Waals surface area contributed by atoms with Gasteiger partial charge in [-0.3, -0.25) is 9.13 Å². The molecule has 0 spiro atoms. The predicted molar refractivity (Wildman–Crippen MR) is 65.5 cm³/mol. The maximum Gasteiger partial charge on any atom is 0.328 e. The summed E-state index contributed by atoms with van der Waals surface area (Å²) in [5, 5.41) is 0. The smallest absolute Gasteiger partial charge is 0.328 e. The van der Waals surface area contributed by atoms with Crippen LogP contribution in [0.3, 0.4) is 0 Å². The average molecular weight is 219 g/mol. The lowest BCUT2D eigenvalue weighted by atomic mass is 10.1. The van der Waals surface area contributed by atoms with E-state index in [1.165, 1.54) is 5.56 Å². The van der Waals surface area contributed by atoms with Gasteiger partial charge < -0.3 is 5.73 Å². The number of hydrogen-bond donors (Lipinski definition) is 1. The van der Waals surface area contributed by atoms with Gasteiger partial charge in [-0.25, -0.2) is 4.79 Å². The molecule has 86 valence electrons. The van der Waals surface area contributed by atoms with E-state index in [4.69, 9.17) is 5.73 Å². The first-order chi connectivity index (χ1) is 7.65. The molecule has 16 heavy (non-hydrogen) atoms. The highest BCUT2D eigenvalue weighted by Gasteiger charge is 2.07. The molecule has 2 aromatic rings. The molecule has 0 unspecified atom stereocenters. The molecule has 0 aliphatic heterocycles. The Morgan fingerprint density at radius 1 is 1.19 bits per heavy atom. The Bertz CT molecular complexity index is 565. The largest absolute Gasteiger partial charge is 0.330 e. The van der Waals surface area contributed by atoms with Gasteiger partial charge in [-0.2, -0.15) is 0 Å². The molecule has 0 aliphatic rings. The third kappa shape index (κ3) is 1.65. The van der Waals surface area contributed by atoms with E-state index in [1.807, 2.05) is 6.07 Å². The standard InChI is InChI=1S/C12H17N3O/c1-14-10-6-5-9(4-3-7-13)8-11(10)15(2)12(14)16/h5-6,8H,3-4,7,13H2,1-2H3. The summed E-state index contributed by atoms with van der Waals surface area (Å²) in [6, 6.07) is 6.15. The van der Waals surface area contributed by atoms with E-state index >= 15 is 0 Å². The van der Waals surface area contributed by atoms with Crippen LogP contribution in [0.25, 0.3) is 11.0 Å². The van der Waals surface area contributed by atoms with Gasteiger partial charge in [0.05, 0.1) is 11.0 Å². The maximum atomic E-state index is 11.7. The van der Waals surface area contributed by atoms with E-state index < -0.39 is 0 Å². The summed E-state index contributed by atoms with van der Waals surface area (Å²) in [5.74, 6) is 0. The zero-order chi connectivity index (χ0) is 11.7. The lowest BCUT2D eigenvalue weighted by Gasteiger charge is -2.01. The van der Waals surface area contributed by atoms with E-state index in [-0.39, 0.29) is 5.69 Å². The lowest BCUT2D eigenvalue weighted by molar-refractivity contribution is 0.794. The number of fused-ring (bicyclic) bond motifs is 1. The van der Waals surface area contributed by atoms with Crippen molar-refractivity contribution in [1.29, 1.82) is 0 Å². The summed E-state index contributed by atoms with van der Waals surface area (Å²) in [5.41, 5.74) is 8.71. The van der Waals surface area contributed by atoms with Crippen LogP contribution in [0.5, 0.6) is 0 Å². The number of aryl methyl sites for hydroxylation is 3. The van der Waals surface area contributed by atoms with Crippen molar-refractivity contribution < 1.29 is 0 Å². The van der Waals surface area contributed by atoms with Crippen molar-refractivity contribution >= 4 is 11.0 Å². The molecule has 1 aromatic heterocycles. The van der Waals surface area contributed by atoms with Crippen LogP contribution < -0.4 is 11.4 Å². The van der Waals surface area contributed by atoms with E-state index in [2.05, 4.69) is 12.1 Å². The number of imidazole rings is 1. The van der Waals surface area contributed by atoms with Gasteiger partial charge in [0.25, 0.3) is 0 Å². The van der Waals surface area contributed by atoms with Gasteiger partial charge >= 0.3 is 5.69 Å². The maximum absolute atomic E-state index is 11.7. The van der Waals surface area contributed by atoms with Crippen molar-refractivity contribution in [2.75, 3.05) is 6.54 Å². The monoisotopic (exact) mass is 219 g/mol. The molecule has 2 rings (SSSR count). The number of nitrogens with zero attached hydrogens (tertiary/aromatic N) is 2. The van der Waals surface area contributed by atoms with Crippen molar-refractivity contribution in [3.8, 4) is 0 Å². The van der Waals surface area contributed by atoms with Gasteiger partial charge in [0.1, 0.15) is 0 Å². The van der Waals surface area contributed by atoms with Crippen molar-refractivity contribution in [2.45, 2.75) is 12.8 Å². The molecule has 4 nitrogen and oxygen atoms in total. The van der Waals surface area contributed by atoms with Crippen molar-refractivity contribution in [3.05, 3.63) is 34.2 Å². The molecule has 0 fully saturated rings. The first-order valence-corrected chi connectivity index (χ1v) is 5.49. The summed E-state index contributed by atoms with van der Waals surface area (Å²) in [6.07, 6.45) is 1.95. The van der Waals surface area contributed by atoms with Crippen molar-refractivity contribution in [2.24, 2.45) is 19.8 Å². The van der Waals surface area contributed by atoms with Crippen LogP contribution in [-0.4, -0.2) is 15.7 Å². The number of benzene rings is 1. The second-order valence-electron chi connectivity index (χ2n) is 4.12. The Morgan fingerprint density at radius 3 is 2.56 bits per heavy atom. The second-order valence-corrected chi connectivity index (χ2v) is 4.12. The molecule has 1 aromatic carbocycles. The van der Waals surface area contributed by atoms with Crippen LogP contribution >= 0.6 is 0 Å². The lowest BCUT2D eigenvalue weighted by Crippen LogP contribution is -2.19. The van der Waals surface area contributed by atoms with Crippen molar-refractivity contribution in [1.82, 2.24) is 9.13 Å². The Hall–Kier alpha value is -1.55. The normalized spacial score (nSPS) is 11.2. The van der Waals surface area contributed by atoms with Crippen LogP contribution in [0.15, 0.2) is 23.0 Å². The number of hydrogen-bond acceptors (Lipinski definition) is 2. The Morgan fingerprint density at radius 2 is 1.88 bits per heavy atom. The molecule has 1 heterocycles. The van der Waals surface area contributed by atoms with E-state index in [9.17, 15) is 4.79 Å². The van der Waals surface area contributed by atoms with Gasteiger partial charge in [0.2, 0.25) is 0 Å². The zero-order valence-corrected chi connectivity index (χ0v) is 9.73. The fraction of sp³-hybridized carbons (Fsp3) is 0.417. The first kappa shape index (κ1) is 11.0. The van der Waals surface area contributed by atoms with E-state index in [1.54, 1.807) is 23.2 Å². The minimum absolute atomic E-state index is 0.0194. The summed E-state index contributed by atoms with van der Waals surface area (Å²) in [6.45, 7) is 0.700. The Kier molecular flexibility index (Phi) is 2.83. The molecule has 0 atom stereocenters. The highest BCUT2D eigenvalue weighted by atomic mass is 16.1. The van der Waals surface area contributed by atoms with E-state index in [0.29, 0.717) is 6.54 Å². The minimum Gasteiger partial charge on any atom is -0.330 e. The second kappa shape index (κ2) is 4.14. The SMILES string of the molecule is Cn1c(=O)n(C)c2cc(CCCN)ccc21. The highest BCUT2D eigenvalue weighted by molar-refractivity contribution is 5.76. The summed E-state index contributed by atoms with van der Waals surface area (Å²) < 4.78 is 3.35. The summed E-state index contributed by atoms with van der Waals surface area (Å²) in [7, 11) is 3.60. The summed E-state index contributed by atoms with van der Waals surface area (Å²) >= 11 is 0. The van der Waals surface area contributed by atoms with Crippen LogP contribution in [0.1, 0.15) is 12.0 Å². The quantitative estimate of drug-likeness (QED) is 0.829. The number of aromatic nitrogens is 2. The molecular weight excluding hydrogens is 202 g/mol. The molecule has 2 N–H and O–H groups in total. The van der Waals surface area contributed by atoms with Crippen LogP contribution in [0.2, 0.25) is 0 Å². The molecular formula is C12H17N3O. The minimum atomic E-state index is 0.0194. The average Bonchev–Trinajstić information content (AvgIpc) is 2.52. The van der Waals surface area contributed by atoms with Gasteiger partial charge in [-0.15, -0.1) is 0 Å². The third-order valence-electron chi connectivity index (χ3n) is 3.01. The molecule has 4 heteroatoms. The fourth-order valence-corrected chi connectivity index (χ4v) is 2.01. The molecule has 0 saturated heterocycles. The molecule has 0 radical (unpaired) electrons. The van der Waals surface area contributed by atoms with Crippen LogP contribution in [0.4, 0.5) is 0 Å². The molecule has 0 bridgehead atoms. The summed E-state index contributed by atoms with van der Waals surface area (Å²) in [4.78, 5) is 11.7. The number of nitrogens with two attached hydrogens (primary N) is 1. The highest BCUT2D eigenvalue weighted by Crippen LogP contribution is 2.14. The van der Waals surface area contributed by atoms with E-state index in [0.717, 1.165) is 23.9 Å². The molecule has 0 aliphatic carbocycles. The Labute approximate surface area is 94.3 Å². The van der Waals surface area contributed by atoms with Gasteiger partial charge in [-0.05, 0) is 37.1 Å². The van der Waals surface area contributed by atoms with Crippen molar-refractivity contribution in [3.63, 3.8) is 0 Å². The predicted octanol–water partition coefficient (Wildman–Crippen LogP) is 0.768. The zero-order valence-electron chi connectivity index (χ0n) is 9.73.